The lowest BCUT2D eigenvalue weighted by atomic mass is 10.2. The monoisotopic (exact) mass is 318 g/mol. The fourth-order valence-electron chi connectivity index (χ4n) is 3.63. The number of likely N-dealkylation sites (N-methyl/N-ethyl adjacent to an activating group) is 1. The zero-order valence-electron chi connectivity index (χ0n) is 13.6. The van der Waals surface area contributed by atoms with Gasteiger partial charge in [0.1, 0.15) is 0 Å². The lowest BCUT2D eigenvalue weighted by molar-refractivity contribution is -0.131. The number of hydrogen-bond acceptors (Lipinski definition) is 4. The van der Waals surface area contributed by atoms with Crippen LogP contribution in [-0.4, -0.2) is 70.3 Å². The van der Waals surface area contributed by atoms with Crippen molar-refractivity contribution >= 4 is 11.8 Å². The fourth-order valence-corrected chi connectivity index (χ4v) is 3.63. The number of carbonyl (C=O) groups is 2. The molecule has 4 rings (SSSR count). The quantitative estimate of drug-likeness (QED) is 0.790. The predicted octanol–water partition coefficient (Wildman–Crippen LogP) is 0.369. The van der Waals surface area contributed by atoms with Crippen molar-refractivity contribution in [3.8, 4) is 0 Å². The summed E-state index contributed by atoms with van der Waals surface area (Å²) < 4.78 is 7.60. The molecule has 3 heterocycles. The SMILES string of the molecule is CN1C(=O)CCO[C@H]2CN(C(=O)c3cc(C4CC4)n(C)n3)C[C@@H]21. The Morgan fingerprint density at radius 3 is 2.83 bits per heavy atom. The Balaban J connectivity index is 1.51. The number of aryl methyl sites for hydroxylation is 1. The number of rotatable bonds is 2. The molecule has 2 atom stereocenters. The Morgan fingerprint density at radius 2 is 2.09 bits per heavy atom. The predicted molar refractivity (Wildman–Crippen MR) is 82.0 cm³/mol. The van der Waals surface area contributed by atoms with Gasteiger partial charge >= 0.3 is 0 Å². The minimum atomic E-state index is -0.0954. The Hall–Kier alpha value is -1.89. The van der Waals surface area contributed by atoms with E-state index in [2.05, 4.69) is 5.10 Å². The Kier molecular flexibility index (Phi) is 3.41. The van der Waals surface area contributed by atoms with Crippen molar-refractivity contribution in [2.24, 2.45) is 7.05 Å². The summed E-state index contributed by atoms with van der Waals surface area (Å²) in [6, 6.07) is 1.87. The zero-order chi connectivity index (χ0) is 16.1. The molecule has 2 saturated heterocycles. The van der Waals surface area contributed by atoms with E-state index in [0.717, 1.165) is 5.69 Å². The van der Waals surface area contributed by atoms with Crippen LogP contribution in [0.5, 0.6) is 0 Å². The van der Waals surface area contributed by atoms with Crippen molar-refractivity contribution in [2.75, 3.05) is 26.7 Å². The molecule has 124 valence electrons. The van der Waals surface area contributed by atoms with E-state index in [0.29, 0.717) is 37.7 Å². The first-order valence-corrected chi connectivity index (χ1v) is 8.25. The molecule has 1 saturated carbocycles. The molecule has 0 aromatic carbocycles. The summed E-state index contributed by atoms with van der Waals surface area (Å²) in [6.45, 7) is 1.47. The third-order valence-corrected chi connectivity index (χ3v) is 5.19. The molecule has 0 N–H and O–H groups in total. The number of fused-ring (bicyclic) bond motifs is 1. The highest BCUT2D eigenvalue weighted by Crippen LogP contribution is 2.40. The molecule has 0 unspecified atom stereocenters. The number of ether oxygens (including phenoxy) is 1. The highest BCUT2D eigenvalue weighted by atomic mass is 16.5. The van der Waals surface area contributed by atoms with Crippen LogP contribution in [0.2, 0.25) is 0 Å². The standard InChI is InChI=1S/C16H22N4O3/c1-18-13-8-20(9-14(13)23-6-5-15(18)21)16(22)11-7-12(10-3-4-10)19(2)17-11/h7,10,13-14H,3-6,8-9H2,1-2H3/t13-,14-/m0/s1. The van der Waals surface area contributed by atoms with Crippen LogP contribution in [0, 0.1) is 0 Å². The maximum Gasteiger partial charge on any atom is 0.274 e. The van der Waals surface area contributed by atoms with Crippen LogP contribution in [0.25, 0.3) is 0 Å². The molecule has 7 nitrogen and oxygen atoms in total. The smallest absolute Gasteiger partial charge is 0.274 e. The topological polar surface area (TPSA) is 67.7 Å². The van der Waals surface area contributed by atoms with Crippen LogP contribution in [0.1, 0.15) is 41.4 Å². The second kappa shape index (κ2) is 5.33. The maximum atomic E-state index is 12.8. The molecule has 0 radical (unpaired) electrons. The molecular formula is C16H22N4O3. The Morgan fingerprint density at radius 1 is 1.30 bits per heavy atom. The molecule has 7 heteroatoms. The van der Waals surface area contributed by atoms with E-state index < -0.39 is 0 Å². The lowest BCUT2D eigenvalue weighted by Gasteiger charge is -2.24. The summed E-state index contributed by atoms with van der Waals surface area (Å²) in [5.41, 5.74) is 1.64. The van der Waals surface area contributed by atoms with Gasteiger partial charge in [0.2, 0.25) is 5.91 Å². The van der Waals surface area contributed by atoms with Gasteiger partial charge in [-0.05, 0) is 18.9 Å². The first-order valence-electron chi connectivity index (χ1n) is 8.25. The van der Waals surface area contributed by atoms with E-state index in [9.17, 15) is 9.59 Å². The summed E-state index contributed by atoms with van der Waals surface area (Å²) in [5, 5.41) is 4.39. The average Bonchev–Trinajstić information content (AvgIpc) is 3.20. The van der Waals surface area contributed by atoms with E-state index in [-0.39, 0.29) is 24.0 Å². The van der Waals surface area contributed by atoms with Crippen LogP contribution in [-0.2, 0) is 16.6 Å². The highest BCUT2D eigenvalue weighted by Gasteiger charge is 2.42. The lowest BCUT2D eigenvalue weighted by Crippen LogP contribution is -2.43. The number of nitrogens with zero attached hydrogens (tertiary/aromatic N) is 4. The summed E-state index contributed by atoms with van der Waals surface area (Å²) in [7, 11) is 3.70. The van der Waals surface area contributed by atoms with Crippen molar-refractivity contribution in [3.63, 3.8) is 0 Å². The summed E-state index contributed by atoms with van der Waals surface area (Å²) in [5.74, 6) is 0.580. The fraction of sp³-hybridized carbons (Fsp3) is 0.688. The van der Waals surface area contributed by atoms with Gasteiger partial charge in [-0.1, -0.05) is 0 Å². The summed E-state index contributed by atoms with van der Waals surface area (Å²) >= 11 is 0. The van der Waals surface area contributed by atoms with Crippen molar-refractivity contribution < 1.29 is 14.3 Å². The molecule has 23 heavy (non-hydrogen) atoms. The van der Waals surface area contributed by atoms with Crippen LogP contribution >= 0.6 is 0 Å². The van der Waals surface area contributed by atoms with Gasteiger partial charge in [-0.3, -0.25) is 14.3 Å². The third-order valence-electron chi connectivity index (χ3n) is 5.19. The Bertz CT molecular complexity index is 652. The van der Waals surface area contributed by atoms with Gasteiger partial charge in [-0.2, -0.15) is 5.10 Å². The van der Waals surface area contributed by atoms with Gasteiger partial charge in [-0.15, -0.1) is 0 Å². The molecule has 3 fully saturated rings. The van der Waals surface area contributed by atoms with Crippen molar-refractivity contribution in [3.05, 3.63) is 17.5 Å². The van der Waals surface area contributed by atoms with E-state index >= 15 is 0 Å². The number of amides is 2. The minimum absolute atomic E-state index is 0.0550. The van der Waals surface area contributed by atoms with Crippen LogP contribution in [0.15, 0.2) is 6.07 Å². The van der Waals surface area contributed by atoms with Gasteiger partial charge in [0.25, 0.3) is 5.91 Å². The molecule has 0 bridgehead atoms. The van der Waals surface area contributed by atoms with E-state index in [1.807, 2.05) is 17.8 Å². The third kappa shape index (κ3) is 2.52. The molecule has 2 amide bonds. The second-order valence-electron chi connectivity index (χ2n) is 6.79. The molecule has 1 aromatic rings. The number of likely N-dealkylation sites (tertiary alicyclic amines) is 1. The van der Waals surface area contributed by atoms with Crippen molar-refractivity contribution in [1.82, 2.24) is 19.6 Å². The van der Waals surface area contributed by atoms with Crippen LogP contribution < -0.4 is 0 Å². The first-order chi connectivity index (χ1) is 11.0. The van der Waals surface area contributed by atoms with Gasteiger partial charge < -0.3 is 14.5 Å². The van der Waals surface area contributed by atoms with E-state index in [1.54, 1.807) is 16.8 Å². The molecule has 1 aromatic heterocycles. The number of carbonyl (C=O) groups excluding carboxylic acids is 2. The maximum absolute atomic E-state index is 12.8. The molecule has 3 aliphatic rings. The molecule has 0 spiro atoms. The Labute approximate surface area is 135 Å². The van der Waals surface area contributed by atoms with Gasteiger partial charge in [0, 0.05) is 38.8 Å². The molecular weight excluding hydrogens is 296 g/mol. The van der Waals surface area contributed by atoms with Gasteiger partial charge in [0.05, 0.1) is 25.2 Å². The number of hydrogen-bond donors (Lipinski definition) is 0. The summed E-state index contributed by atoms with van der Waals surface area (Å²) in [4.78, 5) is 28.2. The molecule has 1 aliphatic carbocycles. The molecule has 2 aliphatic heterocycles. The second-order valence-corrected chi connectivity index (χ2v) is 6.79. The zero-order valence-corrected chi connectivity index (χ0v) is 13.6. The van der Waals surface area contributed by atoms with Gasteiger partial charge in [-0.25, -0.2) is 0 Å². The van der Waals surface area contributed by atoms with Crippen molar-refractivity contribution in [1.29, 1.82) is 0 Å². The van der Waals surface area contributed by atoms with E-state index in [4.69, 9.17) is 4.74 Å². The van der Waals surface area contributed by atoms with E-state index in [1.165, 1.54) is 12.8 Å². The summed E-state index contributed by atoms with van der Waals surface area (Å²) in [6.07, 6.45) is 2.69. The van der Waals surface area contributed by atoms with Gasteiger partial charge in [0.15, 0.2) is 5.69 Å². The largest absolute Gasteiger partial charge is 0.374 e. The average molecular weight is 318 g/mol. The minimum Gasteiger partial charge on any atom is -0.374 e. The van der Waals surface area contributed by atoms with Crippen LogP contribution in [0.3, 0.4) is 0 Å². The van der Waals surface area contributed by atoms with Crippen LogP contribution in [0.4, 0.5) is 0 Å². The highest BCUT2D eigenvalue weighted by molar-refractivity contribution is 5.93. The number of aromatic nitrogens is 2. The normalized spacial score (nSPS) is 28.0. The first kappa shape index (κ1) is 14.7. The van der Waals surface area contributed by atoms with Crippen molar-refractivity contribution in [2.45, 2.75) is 37.3 Å².